The van der Waals surface area contributed by atoms with Crippen LogP contribution in [0.2, 0.25) is 0 Å². The number of aryl methyl sites for hydroxylation is 1. The Morgan fingerprint density at radius 3 is 2.09 bits per heavy atom. The van der Waals surface area contributed by atoms with Gasteiger partial charge in [0.15, 0.2) is 0 Å². The van der Waals surface area contributed by atoms with Crippen LogP contribution < -0.4 is 4.90 Å². The molecule has 1 heterocycles. The fourth-order valence-corrected chi connectivity index (χ4v) is 3.45. The van der Waals surface area contributed by atoms with E-state index in [1.807, 2.05) is 0 Å². The quantitative estimate of drug-likeness (QED) is 0.600. The van der Waals surface area contributed by atoms with Crippen molar-refractivity contribution in [3.63, 3.8) is 0 Å². The van der Waals surface area contributed by atoms with Crippen molar-refractivity contribution in [2.75, 3.05) is 4.90 Å². The van der Waals surface area contributed by atoms with E-state index in [1.54, 1.807) is 0 Å². The third kappa shape index (κ3) is 2.29. The topological polar surface area (TPSA) is 3.24 Å². The number of hydrogen-bond acceptors (Lipinski definition) is 1. The molecule has 108 valence electrons. The number of nitrogens with zero attached hydrogens (tertiary/aromatic N) is 1. The molecule has 0 spiro atoms. The number of hydrogen-bond donors (Lipinski definition) is 0. The maximum Gasteiger partial charge on any atom is 0.0594 e. The van der Waals surface area contributed by atoms with E-state index in [9.17, 15) is 0 Å². The van der Waals surface area contributed by atoms with Gasteiger partial charge < -0.3 is 4.90 Å². The van der Waals surface area contributed by atoms with Crippen LogP contribution in [0.5, 0.6) is 0 Å². The van der Waals surface area contributed by atoms with Crippen molar-refractivity contribution < 1.29 is 0 Å². The Balaban J connectivity index is 1.86. The first-order chi connectivity index (χ1) is 10.9. The summed E-state index contributed by atoms with van der Waals surface area (Å²) in [6.07, 6.45) is 2.29. The highest BCUT2D eigenvalue weighted by Crippen LogP contribution is 2.43. The third-order valence-electron chi connectivity index (χ3n) is 4.47. The predicted molar refractivity (Wildman–Crippen MR) is 92.5 cm³/mol. The van der Waals surface area contributed by atoms with E-state index in [-0.39, 0.29) is 0 Å². The van der Waals surface area contributed by atoms with Gasteiger partial charge in [-0.05, 0) is 42.2 Å². The molecule has 1 unspecified atom stereocenters. The summed E-state index contributed by atoms with van der Waals surface area (Å²) in [4.78, 5) is 2.49. The van der Waals surface area contributed by atoms with E-state index in [1.165, 1.54) is 22.5 Å². The first-order valence-electron chi connectivity index (χ1n) is 7.90. The normalized spacial score (nSPS) is 17.1. The maximum absolute atomic E-state index is 2.49. The molecule has 1 nitrogen and oxygen atoms in total. The Morgan fingerprint density at radius 2 is 1.32 bits per heavy atom. The minimum atomic E-state index is 0.401. The van der Waals surface area contributed by atoms with E-state index in [0.717, 1.165) is 12.8 Å². The number of benzene rings is 3. The van der Waals surface area contributed by atoms with E-state index in [0.29, 0.717) is 6.04 Å². The van der Waals surface area contributed by atoms with Gasteiger partial charge in [0.1, 0.15) is 0 Å². The minimum Gasteiger partial charge on any atom is -0.334 e. The molecule has 1 aliphatic heterocycles. The summed E-state index contributed by atoms with van der Waals surface area (Å²) in [5.74, 6) is 0. The highest BCUT2D eigenvalue weighted by Gasteiger charge is 2.28. The van der Waals surface area contributed by atoms with Crippen LogP contribution in [0.3, 0.4) is 0 Å². The summed E-state index contributed by atoms with van der Waals surface area (Å²) >= 11 is 0. The van der Waals surface area contributed by atoms with Crippen LogP contribution in [0.25, 0.3) is 0 Å². The van der Waals surface area contributed by atoms with E-state index in [2.05, 4.69) is 89.8 Å². The molecule has 0 aliphatic carbocycles. The lowest BCUT2D eigenvalue weighted by atomic mass is 9.90. The number of para-hydroxylation sites is 2. The fourth-order valence-electron chi connectivity index (χ4n) is 3.45. The van der Waals surface area contributed by atoms with Crippen molar-refractivity contribution in [2.45, 2.75) is 18.9 Å². The van der Waals surface area contributed by atoms with Crippen LogP contribution in [-0.2, 0) is 6.42 Å². The van der Waals surface area contributed by atoms with E-state index in [4.69, 9.17) is 0 Å². The van der Waals surface area contributed by atoms with Crippen LogP contribution in [0.1, 0.15) is 23.6 Å². The van der Waals surface area contributed by atoms with Gasteiger partial charge >= 0.3 is 0 Å². The van der Waals surface area contributed by atoms with Gasteiger partial charge in [0.05, 0.1) is 6.04 Å². The van der Waals surface area contributed by atoms with Gasteiger partial charge in [-0.25, -0.2) is 0 Å². The Kier molecular flexibility index (Phi) is 3.40. The third-order valence-corrected chi connectivity index (χ3v) is 4.47. The molecule has 0 fully saturated rings. The molecule has 0 N–H and O–H groups in total. The minimum absolute atomic E-state index is 0.401. The molecule has 3 aromatic rings. The first kappa shape index (κ1) is 13.1. The van der Waals surface area contributed by atoms with Crippen LogP contribution in [0.4, 0.5) is 11.4 Å². The first-order valence-corrected chi connectivity index (χ1v) is 7.90. The van der Waals surface area contributed by atoms with E-state index >= 15 is 0 Å². The van der Waals surface area contributed by atoms with Gasteiger partial charge in [-0.2, -0.15) is 0 Å². The Labute approximate surface area is 131 Å². The summed E-state index contributed by atoms with van der Waals surface area (Å²) in [7, 11) is 0. The molecule has 1 heteroatoms. The lowest BCUT2D eigenvalue weighted by Gasteiger charge is -2.39. The molecule has 0 bridgehead atoms. The van der Waals surface area contributed by atoms with Crippen LogP contribution in [0.15, 0.2) is 84.9 Å². The summed E-state index contributed by atoms with van der Waals surface area (Å²) < 4.78 is 0. The van der Waals surface area contributed by atoms with Crippen LogP contribution in [-0.4, -0.2) is 0 Å². The van der Waals surface area contributed by atoms with Gasteiger partial charge in [0.2, 0.25) is 0 Å². The molecule has 3 aromatic carbocycles. The number of fused-ring (bicyclic) bond motifs is 1. The summed E-state index contributed by atoms with van der Waals surface area (Å²) in [6, 6.07) is 30.8. The summed E-state index contributed by atoms with van der Waals surface area (Å²) in [6.45, 7) is 0. The van der Waals surface area contributed by atoms with Crippen LogP contribution in [0, 0.1) is 0 Å². The highest BCUT2D eigenvalue weighted by molar-refractivity contribution is 5.69. The molecular weight excluding hydrogens is 266 g/mol. The smallest absolute Gasteiger partial charge is 0.0594 e. The monoisotopic (exact) mass is 285 g/mol. The molecule has 22 heavy (non-hydrogen) atoms. The van der Waals surface area contributed by atoms with Crippen molar-refractivity contribution in [1.29, 1.82) is 0 Å². The SMILES string of the molecule is c1ccc(C2CCc3ccccc3N2c2ccccc2)cc1. The second-order valence-corrected chi connectivity index (χ2v) is 5.80. The lowest BCUT2D eigenvalue weighted by Crippen LogP contribution is -2.28. The average molecular weight is 285 g/mol. The Bertz CT molecular complexity index is 749. The number of rotatable bonds is 2. The van der Waals surface area contributed by atoms with Crippen LogP contribution >= 0.6 is 0 Å². The van der Waals surface area contributed by atoms with Gasteiger partial charge in [-0.1, -0.05) is 66.7 Å². The average Bonchev–Trinajstić information content (AvgIpc) is 2.62. The number of anilines is 2. The van der Waals surface area contributed by atoms with Crippen molar-refractivity contribution in [3.05, 3.63) is 96.1 Å². The van der Waals surface area contributed by atoms with Gasteiger partial charge in [-0.15, -0.1) is 0 Å². The molecule has 0 aromatic heterocycles. The van der Waals surface area contributed by atoms with Gasteiger partial charge in [0.25, 0.3) is 0 Å². The van der Waals surface area contributed by atoms with Gasteiger partial charge in [-0.3, -0.25) is 0 Å². The summed E-state index contributed by atoms with van der Waals surface area (Å²) in [5, 5.41) is 0. The molecular formula is C21H19N. The zero-order valence-electron chi connectivity index (χ0n) is 12.5. The van der Waals surface area contributed by atoms with Crippen molar-refractivity contribution >= 4 is 11.4 Å². The highest BCUT2D eigenvalue weighted by atomic mass is 15.2. The Morgan fingerprint density at radius 1 is 0.682 bits per heavy atom. The molecule has 4 rings (SSSR count). The lowest BCUT2D eigenvalue weighted by molar-refractivity contribution is 0.604. The molecule has 0 amide bonds. The second kappa shape index (κ2) is 5.69. The van der Waals surface area contributed by atoms with Crippen molar-refractivity contribution in [2.24, 2.45) is 0 Å². The van der Waals surface area contributed by atoms with E-state index < -0.39 is 0 Å². The fraction of sp³-hybridized carbons (Fsp3) is 0.143. The molecule has 0 radical (unpaired) electrons. The zero-order valence-corrected chi connectivity index (χ0v) is 12.5. The molecule has 1 atom stereocenters. The standard InChI is InChI=1S/C21H19N/c1-3-9-17(10-4-1)21-16-15-18-11-7-8-14-20(18)22(21)19-12-5-2-6-13-19/h1-14,21H,15-16H2. The maximum atomic E-state index is 2.49. The largest absolute Gasteiger partial charge is 0.334 e. The Hall–Kier alpha value is -2.54. The van der Waals surface area contributed by atoms with Crippen molar-refractivity contribution in [1.82, 2.24) is 0 Å². The second-order valence-electron chi connectivity index (χ2n) is 5.80. The van der Waals surface area contributed by atoms with Crippen molar-refractivity contribution in [3.8, 4) is 0 Å². The summed E-state index contributed by atoms with van der Waals surface area (Å²) in [5.41, 5.74) is 5.44. The zero-order chi connectivity index (χ0) is 14.8. The molecule has 0 saturated heterocycles. The predicted octanol–water partition coefficient (Wildman–Crippen LogP) is 5.51. The molecule has 1 aliphatic rings. The van der Waals surface area contributed by atoms with Gasteiger partial charge in [0, 0.05) is 11.4 Å². The molecule has 0 saturated carbocycles.